The lowest BCUT2D eigenvalue weighted by Gasteiger charge is -2.12. The highest BCUT2D eigenvalue weighted by atomic mass is 79.9. The van der Waals surface area contributed by atoms with Crippen molar-refractivity contribution in [2.24, 2.45) is 0 Å². The van der Waals surface area contributed by atoms with Gasteiger partial charge < -0.3 is 9.67 Å². The molecule has 0 saturated carbocycles. The van der Waals surface area contributed by atoms with Crippen LogP contribution < -0.4 is 0 Å². The Kier molecular flexibility index (Phi) is 6.13. The summed E-state index contributed by atoms with van der Waals surface area (Å²) in [6.45, 7) is 3.10. The molecular formula is C15H19BrN2OS. The predicted molar refractivity (Wildman–Crippen MR) is 87.1 cm³/mol. The molecule has 0 aliphatic rings. The Bertz CT molecular complexity index is 544. The smallest absolute Gasteiger partial charge is 0.111 e. The fourth-order valence-corrected chi connectivity index (χ4v) is 3.43. The molecule has 1 unspecified atom stereocenters. The predicted octanol–water partition coefficient (Wildman–Crippen LogP) is 3.75. The minimum Gasteiger partial charge on any atom is -0.392 e. The van der Waals surface area contributed by atoms with Gasteiger partial charge in [0.1, 0.15) is 5.82 Å². The first-order valence-corrected chi connectivity index (χ1v) is 8.53. The van der Waals surface area contributed by atoms with Crippen LogP contribution in [0.4, 0.5) is 0 Å². The third-order valence-corrected chi connectivity index (χ3v) is 4.55. The van der Waals surface area contributed by atoms with Crippen LogP contribution >= 0.6 is 27.7 Å². The topological polar surface area (TPSA) is 38.0 Å². The SMILES string of the molecule is CCCn1ccnc1CC(O)CSc1cccc(Br)c1. The fraction of sp³-hybridized carbons (Fsp3) is 0.400. The molecule has 0 saturated heterocycles. The first-order chi connectivity index (χ1) is 9.69. The Balaban J connectivity index is 1.86. The molecule has 0 fully saturated rings. The summed E-state index contributed by atoms with van der Waals surface area (Å²) in [6, 6.07) is 8.13. The van der Waals surface area contributed by atoms with Gasteiger partial charge in [-0.05, 0) is 24.6 Å². The van der Waals surface area contributed by atoms with Crippen LogP contribution in [-0.4, -0.2) is 26.5 Å². The molecule has 2 rings (SSSR count). The zero-order valence-electron chi connectivity index (χ0n) is 11.5. The van der Waals surface area contributed by atoms with Crippen molar-refractivity contribution in [1.82, 2.24) is 9.55 Å². The maximum Gasteiger partial charge on any atom is 0.111 e. The Morgan fingerprint density at radius 1 is 1.45 bits per heavy atom. The maximum absolute atomic E-state index is 10.2. The second-order valence-electron chi connectivity index (χ2n) is 4.66. The van der Waals surface area contributed by atoms with Crippen LogP contribution in [0.5, 0.6) is 0 Å². The van der Waals surface area contributed by atoms with Crippen molar-refractivity contribution in [3.05, 3.63) is 47.0 Å². The zero-order valence-corrected chi connectivity index (χ0v) is 13.9. The van der Waals surface area contributed by atoms with Gasteiger partial charge in [0, 0.05) is 40.5 Å². The van der Waals surface area contributed by atoms with E-state index in [0.29, 0.717) is 12.2 Å². The number of aromatic nitrogens is 2. The minimum atomic E-state index is -0.378. The van der Waals surface area contributed by atoms with Gasteiger partial charge in [0.2, 0.25) is 0 Å². The number of imidazole rings is 1. The molecule has 3 nitrogen and oxygen atoms in total. The summed E-state index contributed by atoms with van der Waals surface area (Å²) in [5.74, 6) is 1.64. The van der Waals surface area contributed by atoms with Gasteiger partial charge in [-0.25, -0.2) is 4.98 Å². The number of halogens is 1. The van der Waals surface area contributed by atoms with Gasteiger partial charge >= 0.3 is 0 Å². The van der Waals surface area contributed by atoms with Crippen LogP contribution in [0.15, 0.2) is 46.0 Å². The number of rotatable bonds is 7. The monoisotopic (exact) mass is 354 g/mol. The molecule has 1 aromatic heterocycles. The summed E-state index contributed by atoms with van der Waals surface area (Å²) < 4.78 is 3.18. The van der Waals surface area contributed by atoms with E-state index >= 15 is 0 Å². The molecule has 0 bridgehead atoms. The van der Waals surface area contributed by atoms with Crippen molar-refractivity contribution in [2.45, 2.75) is 37.3 Å². The van der Waals surface area contributed by atoms with E-state index in [1.807, 2.05) is 18.3 Å². The Hall–Kier alpha value is -0.780. The number of aliphatic hydroxyl groups excluding tert-OH is 1. The molecule has 1 atom stereocenters. The van der Waals surface area contributed by atoms with Crippen LogP contribution in [0.1, 0.15) is 19.2 Å². The van der Waals surface area contributed by atoms with Crippen LogP contribution in [0.3, 0.4) is 0 Å². The molecule has 0 aliphatic heterocycles. The van der Waals surface area contributed by atoms with Gasteiger partial charge in [-0.2, -0.15) is 0 Å². The molecule has 2 aromatic rings. The van der Waals surface area contributed by atoms with Crippen molar-refractivity contribution in [2.75, 3.05) is 5.75 Å². The first kappa shape index (κ1) is 15.6. The Morgan fingerprint density at radius 2 is 2.30 bits per heavy atom. The van der Waals surface area contributed by atoms with E-state index in [0.717, 1.165) is 28.2 Å². The molecule has 0 radical (unpaired) electrons. The van der Waals surface area contributed by atoms with Crippen molar-refractivity contribution in [3.8, 4) is 0 Å². The van der Waals surface area contributed by atoms with Gasteiger partial charge in [0.05, 0.1) is 6.10 Å². The van der Waals surface area contributed by atoms with Gasteiger partial charge in [0.25, 0.3) is 0 Å². The summed E-state index contributed by atoms with van der Waals surface area (Å²) in [7, 11) is 0. The summed E-state index contributed by atoms with van der Waals surface area (Å²) in [5.41, 5.74) is 0. The van der Waals surface area contributed by atoms with Gasteiger partial charge in [-0.15, -0.1) is 11.8 Å². The average molecular weight is 355 g/mol. The molecule has 0 aliphatic carbocycles. The largest absolute Gasteiger partial charge is 0.392 e. The highest BCUT2D eigenvalue weighted by Crippen LogP contribution is 2.23. The van der Waals surface area contributed by atoms with E-state index in [1.54, 1.807) is 18.0 Å². The van der Waals surface area contributed by atoms with Crippen molar-refractivity contribution in [3.63, 3.8) is 0 Å². The van der Waals surface area contributed by atoms with E-state index in [1.165, 1.54) is 0 Å². The number of aryl methyl sites for hydroxylation is 1. The Morgan fingerprint density at radius 3 is 3.05 bits per heavy atom. The lowest BCUT2D eigenvalue weighted by Crippen LogP contribution is -2.17. The molecule has 0 spiro atoms. The highest BCUT2D eigenvalue weighted by molar-refractivity contribution is 9.10. The molecule has 0 amide bonds. The maximum atomic E-state index is 10.2. The van der Waals surface area contributed by atoms with Gasteiger partial charge in [-0.3, -0.25) is 0 Å². The molecule has 1 heterocycles. The fourth-order valence-electron chi connectivity index (χ4n) is 1.99. The van der Waals surface area contributed by atoms with E-state index in [2.05, 4.69) is 44.5 Å². The lowest BCUT2D eigenvalue weighted by atomic mass is 10.2. The summed E-state index contributed by atoms with van der Waals surface area (Å²) in [5, 5.41) is 10.2. The quantitative estimate of drug-likeness (QED) is 0.769. The lowest BCUT2D eigenvalue weighted by molar-refractivity contribution is 0.196. The van der Waals surface area contributed by atoms with Crippen LogP contribution in [0, 0.1) is 0 Å². The van der Waals surface area contributed by atoms with Crippen molar-refractivity contribution in [1.29, 1.82) is 0 Å². The van der Waals surface area contributed by atoms with E-state index in [-0.39, 0.29) is 6.10 Å². The van der Waals surface area contributed by atoms with Crippen LogP contribution in [0.2, 0.25) is 0 Å². The number of hydrogen-bond donors (Lipinski definition) is 1. The molecule has 1 N–H and O–H groups in total. The van der Waals surface area contributed by atoms with E-state index < -0.39 is 0 Å². The standard InChI is InChI=1S/C15H19BrN2OS/c1-2-7-18-8-6-17-15(18)10-13(19)11-20-14-5-3-4-12(16)9-14/h3-6,8-9,13,19H,2,7,10-11H2,1H3. The van der Waals surface area contributed by atoms with E-state index in [4.69, 9.17) is 0 Å². The van der Waals surface area contributed by atoms with Gasteiger partial charge in [-0.1, -0.05) is 28.9 Å². The zero-order chi connectivity index (χ0) is 14.4. The Labute approximate surface area is 132 Å². The minimum absolute atomic E-state index is 0.378. The second kappa shape index (κ2) is 7.86. The summed E-state index contributed by atoms with van der Waals surface area (Å²) in [4.78, 5) is 5.49. The van der Waals surface area contributed by atoms with E-state index in [9.17, 15) is 5.11 Å². The molecule has 5 heteroatoms. The van der Waals surface area contributed by atoms with Crippen LogP contribution in [0.25, 0.3) is 0 Å². The molecule has 1 aromatic carbocycles. The van der Waals surface area contributed by atoms with Crippen molar-refractivity contribution < 1.29 is 5.11 Å². The number of nitrogens with zero attached hydrogens (tertiary/aromatic N) is 2. The van der Waals surface area contributed by atoms with Gasteiger partial charge in [0.15, 0.2) is 0 Å². The molecular weight excluding hydrogens is 336 g/mol. The molecule has 20 heavy (non-hydrogen) atoms. The number of hydrogen-bond acceptors (Lipinski definition) is 3. The average Bonchev–Trinajstić information content (AvgIpc) is 2.84. The number of aliphatic hydroxyl groups is 1. The summed E-state index contributed by atoms with van der Waals surface area (Å²) >= 11 is 5.12. The number of thioether (sulfide) groups is 1. The summed E-state index contributed by atoms with van der Waals surface area (Å²) in [6.07, 6.45) is 5.09. The highest BCUT2D eigenvalue weighted by Gasteiger charge is 2.10. The normalized spacial score (nSPS) is 12.6. The third-order valence-electron chi connectivity index (χ3n) is 2.92. The first-order valence-electron chi connectivity index (χ1n) is 6.75. The van der Waals surface area contributed by atoms with Crippen LogP contribution in [-0.2, 0) is 13.0 Å². The number of benzene rings is 1. The second-order valence-corrected chi connectivity index (χ2v) is 6.67. The van der Waals surface area contributed by atoms with Crippen molar-refractivity contribution >= 4 is 27.7 Å². The molecule has 108 valence electrons. The third kappa shape index (κ3) is 4.65.